The summed E-state index contributed by atoms with van der Waals surface area (Å²) >= 11 is 0. The lowest BCUT2D eigenvalue weighted by Crippen LogP contribution is -2.24. The third-order valence-electron chi connectivity index (χ3n) is 8.73. The Kier molecular flexibility index (Phi) is 10.5. The molecule has 2 amide bonds. The molecule has 4 heterocycles. The summed E-state index contributed by atoms with van der Waals surface area (Å²) in [5.74, 6) is 2.30. The fraction of sp³-hybridized carbons (Fsp3) is 0.351. The zero-order chi connectivity index (χ0) is 36.1. The number of hydrogen-bond acceptors (Lipinski definition) is 8. The molecule has 14 nitrogen and oxygen atoms in total. The van der Waals surface area contributed by atoms with Crippen molar-refractivity contribution in [2.75, 3.05) is 17.2 Å². The van der Waals surface area contributed by atoms with Gasteiger partial charge in [0.2, 0.25) is 17.8 Å². The molecule has 0 aliphatic carbocycles. The first-order valence-electron chi connectivity index (χ1n) is 17.6. The quantitative estimate of drug-likeness (QED) is 0.0688. The van der Waals surface area contributed by atoms with Gasteiger partial charge >= 0.3 is 0 Å². The van der Waals surface area contributed by atoms with Crippen LogP contribution in [0.3, 0.4) is 0 Å². The summed E-state index contributed by atoms with van der Waals surface area (Å²) in [5, 5.41) is 19.1. The Labute approximate surface area is 296 Å². The second kappa shape index (κ2) is 15.3. The Morgan fingerprint density at radius 2 is 1.24 bits per heavy atom. The summed E-state index contributed by atoms with van der Waals surface area (Å²) in [6.45, 7) is 13.2. The van der Waals surface area contributed by atoms with Crippen LogP contribution in [0.1, 0.15) is 72.1 Å². The molecule has 0 fully saturated rings. The predicted molar refractivity (Wildman–Crippen MR) is 201 cm³/mol. The van der Waals surface area contributed by atoms with E-state index in [9.17, 15) is 9.59 Å². The van der Waals surface area contributed by atoms with E-state index in [1.165, 1.54) is 0 Å². The van der Waals surface area contributed by atoms with Crippen LogP contribution in [0, 0.1) is 13.8 Å². The van der Waals surface area contributed by atoms with Gasteiger partial charge in [0, 0.05) is 56.0 Å². The average Bonchev–Trinajstić information content (AvgIpc) is 3.86. The van der Waals surface area contributed by atoms with E-state index in [1.807, 2.05) is 73.5 Å². The molecule has 0 saturated heterocycles. The first kappa shape index (κ1) is 34.9. The monoisotopic (exact) mass is 690 g/mol. The first-order valence-corrected chi connectivity index (χ1v) is 17.6. The minimum atomic E-state index is -0.505. The molecular formula is C37H46N12O2. The lowest BCUT2D eigenvalue weighted by molar-refractivity contribution is 0.0951. The van der Waals surface area contributed by atoms with Gasteiger partial charge in [0.05, 0.1) is 33.5 Å². The molecule has 6 aromatic rings. The number of unbranched alkanes of at least 4 members (excludes halogenated alkanes) is 2. The Hall–Kier alpha value is -5.92. The molecule has 0 radical (unpaired) electrons. The topological polar surface area (TPSA) is 168 Å². The number of amides is 2. The van der Waals surface area contributed by atoms with E-state index in [0.29, 0.717) is 66.8 Å². The standard InChI is InChI=1S/C37H46N12O2/c1-6-9-10-17-39-35(51)27-14-16-31-29(23-27)41-37(43-33-21-25(5)45-49(33)8-3)47(31)19-12-11-18-46-30-15-13-26(34(38)50)22-28(30)40-36(46)42-32-20-24(4)44-48(32)7-2/h11-16,20-23H,6-10,17-19H2,1-5H3,(H2,38,50)(H,39,51)(H,40,42)(H,41,43)/b12-11+. The highest BCUT2D eigenvalue weighted by molar-refractivity contribution is 5.98. The Balaban J connectivity index is 1.31. The van der Waals surface area contributed by atoms with Gasteiger partial charge in [-0.1, -0.05) is 31.9 Å². The van der Waals surface area contributed by atoms with Gasteiger partial charge in [0.1, 0.15) is 11.6 Å². The van der Waals surface area contributed by atoms with Crippen LogP contribution in [0.25, 0.3) is 22.1 Å². The normalized spacial score (nSPS) is 11.6. The molecular weight excluding hydrogens is 644 g/mol. The lowest BCUT2D eigenvalue weighted by atomic mass is 10.2. The van der Waals surface area contributed by atoms with E-state index in [1.54, 1.807) is 12.1 Å². The van der Waals surface area contributed by atoms with Crippen LogP contribution < -0.4 is 21.7 Å². The highest BCUT2D eigenvalue weighted by Crippen LogP contribution is 2.27. The van der Waals surface area contributed by atoms with Gasteiger partial charge in [0.25, 0.3) is 5.91 Å². The predicted octanol–water partition coefficient (Wildman–Crippen LogP) is 6.20. The number of rotatable bonds is 16. The third-order valence-corrected chi connectivity index (χ3v) is 8.73. The molecule has 266 valence electrons. The molecule has 6 rings (SSSR count). The fourth-order valence-electron chi connectivity index (χ4n) is 6.16. The number of hydrogen-bond donors (Lipinski definition) is 4. The molecule has 51 heavy (non-hydrogen) atoms. The summed E-state index contributed by atoms with van der Waals surface area (Å²) < 4.78 is 7.93. The molecule has 5 N–H and O–H groups in total. The maximum atomic E-state index is 12.9. The highest BCUT2D eigenvalue weighted by atomic mass is 16.2. The summed E-state index contributed by atoms with van der Waals surface area (Å²) in [7, 11) is 0. The van der Waals surface area contributed by atoms with Crippen LogP contribution in [0.2, 0.25) is 0 Å². The molecule has 0 atom stereocenters. The van der Waals surface area contributed by atoms with E-state index < -0.39 is 5.91 Å². The summed E-state index contributed by atoms with van der Waals surface area (Å²) in [4.78, 5) is 34.7. The maximum absolute atomic E-state index is 12.9. The summed E-state index contributed by atoms with van der Waals surface area (Å²) in [6.07, 6.45) is 7.28. The van der Waals surface area contributed by atoms with Gasteiger partial charge in [-0.25, -0.2) is 19.3 Å². The minimum Gasteiger partial charge on any atom is -0.366 e. The van der Waals surface area contributed by atoms with Crippen molar-refractivity contribution in [1.82, 2.24) is 44.0 Å². The average molecular weight is 691 g/mol. The number of allylic oxidation sites excluding steroid dienone is 2. The van der Waals surface area contributed by atoms with Crippen molar-refractivity contribution in [3.63, 3.8) is 0 Å². The van der Waals surface area contributed by atoms with Crippen molar-refractivity contribution < 1.29 is 9.59 Å². The van der Waals surface area contributed by atoms with Gasteiger partial charge in [-0.3, -0.25) is 9.59 Å². The maximum Gasteiger partial charge on any atom is 0.251 e. The minimum absolute atomic E-state index is 0.103. The molecule has 2 aromatic carbocycles. The number of aryl methyl sites for hydroxylation is 4. The Bertz CT molecular complexity index is 2220. The Morgan fingerprint density at radius 1 is 0.725 bits per heavy atom. The number of aromatic nitrogens is 8. The van der Waals surface area contributed by atoms with Crippen LogP contribution in [-0.4, -0.2) is 57.0 Å². The molecule has 0 unspecified atom stereocenters. The number of nitrogens with zero attached hydrogens (tertiary/aromatic N) is 8. The number of carbonyl (C=O) groups is 2. The van der Waals surface area contributed by atoms with Gasteiger partial charge in [-0.2, -0.15) is 10.2 Å². The van der Waals surface area contributed by atoms with Crippen LogP contribution >= 0.6 is 0 Å². The summed E-state index contributed by atoms with van der Waals surface area (Å²) in [5.41, 5.74) is 11.5. The number of nitrogens with two attached hydrogens (primary N) is 1. The molecule has 0 aliphatic rings. The third kappa shape index (κ3) is 7.64. The molecule has 4 aromatic heterocycles. The van der Waals surface area contributed by atoms with Crippen molar-refractivity contribution in [2.45, 2.75) is 80.1 Å². The number of imidazole rings is 2. The van der Waals surface area contributed by atoms with E-state index >= 15 is 0 Å². The van der Waals surface area contributed by atoms with Gasteiger partial charge in [0.15, 0.2) is 0 Å². The van der Waals surface area contributed by atoms with Crippen LogP contribution in [-0.2, 0) is 26.2 Å². The number of benzene rings is 2. The zero-order valence-electron chi connectivity index (χ0n) is 29.9. The number of primary amides is 1. The summed E-state index contributed by atoms with van der Waals surface area (Å²) in [6, 6.07) is 14.9. The highest BCUT2D eigenvalue weighted by Gasteiger charge is 2.17. The van der Waals surface area contributed by atoms with Gasteiger partial charge in [-0.15, -0.1) is 0 Å². The lowest BCUT2D eigenvalue weighted by Gasteiger charge is -2.11. The van der Waals surface area contributed by atoms with Crippen LogP contribution in [0.5, 0.6) is 0 Å². The van der Waals surface area contributed by atoms with E-state index in [2.05, 4.69) is 54.4 Å². The zero-order valence-corrected chi connectivity index (χ0v) is 29.9. The van der Waals surface area contributed by atoms with Crippen molar-refractivity contribution >= 4 is 57.4 Å². The van der Waals surface area contributed by atoms with Gasteiger partial charge in [-0.05, 0) is 70.5 Å². The van der Waals surface area contributed by atoms with E-state index in [0.717, 1.165) is 53.3 Å². The number of anilines is 4. The SMILES string of the molecule is CCCCCNC(=O)c1ccc2c(c1)nc(Nc1cc(C)nn1CC)n2C/C=C/Cn1c(Nc2cc(C)nn2CC)nc2cc(C(N)=O)ccc21. The smallest absolute Gasteiger partial charge is 0.251 e. The van der Waals surface area contributed by atoms with Crippen LogP contribution in [0.4, 0.5) is 23.5 Å². The molecule has 0 saturated carbocycles. The van der Waals surface area contributed by atoms with Crippen molar-refractivity contribution in [2.24, 2.45) is 5.73 Å². The largest absolute Gasteiger partial charge is 0.366 e. The van der Waals surface area contributed by atoms with E-state index in [4.69, 9.17) is 15.7 Å². The van der Waals surface area contributed by atoms with Crippen LogP contribution in [0.15, 0.2) is 60.7 Å². The van der Waals surface area contributed by atoms with Crippen molar-refractivity contribution in [3.05, 3.63) is 83.2 Å². The number of nitrogens with one attached hydrogen (secondary N) is 3. The molecule has 0 bridgehead atoms. The number of carbonyl (C=O) groups excluding carboxylic acids is 2. The second-order valence-corrected chi connectivity index (χ2v) is 12.5. The molecule has 14 heteroatoms. The Morgan fingerprint density at radius 3 is 1.73 bits per heavy atom. The molecule has 0 spiro atoms. The fourth-order valence-corrected chi connectivity index (χ4v) is 6.16. The number of fused-ring (bicyclic) bond motifs is 2. The second-order valence-electron chi connectivity index (χ2n) is 12.5. The van der Waals surface area contributed by atoms with Gasteiger partial charge < -0.3 is 30.8 Å². The molecule has 0 aliphatic heterocycles. The van der Waals surface area contributed by atoms with E-state index in [-0.39, 0.29) is 5.91 Å². The first-order chi connectivity index (χ1) is 24.7. The van der Waals surface area contributed by atoms with Crippen molar-refractivity contribution in [3.8, 4) is 0 Å². The van der Waals surface area contributed by atoms with Crippen molar-refractivity contribution in [1.29, 1.82) is 0 Å².